The molecule has 0 aromatic rings. The van der Waals surface area contributed by atoms with E-state index < -0.39 is 0 Å². The Morgan fingerprint density at radius 1 is 1.29 bits per heavy atom. The van der Waals surface area contributed by atoms with Gasteiger partial charge in [0.15, 0.2) is 0 Å². The largest absolute Gasteiger partial charge is 0.173 e. The summed E-state index contributed by atoms with van der Waals surface area (Å²) in [6.45, 7) is 9.42. The summed E-state index contributed by atoms with van der Waals surface area (Å²) >= 11 is 4.82. The molecule has 1 saturated carbocycles. The van der Waals surface area contributed by atoms with Crippen LogP contribution in [0.4, 0.5) is 0 Å². The molecule has 2 atom stereocenters. The van der Waals surface area contributed by atoms with E-state index in [0.29, 0.717) is 5.41 Å². The Labute approximate surface area is 95.3 Å². The molecule has 0 saturated heterocycles. The highest BCUT2D eigenvalue weighted by Gasteiger charge is 2.41. The van der Waals surface area contributed by atoms with Gasteiger partial charge in [-0.15, -0.1) is 0 Å². The highest BCUT2D eigenvalue weighted by molar-refractivity contribution is 7.81. The first kappa shape index (κ1) is 12.4. The van der Waals surface area contributed by atoms with E-state index in [1.165, 1.54) is 38.5 Å². The quantitative estimate of drug-likeness (QED) is 0.647. The molecule has 0 spiro atoms. The summed E-state index contributed by atoms with van der Waals surface area (Å²) in [6, 6.07) is 0. The van der Waals surface area contributed by atoms with Crippen molar-refractivity contribution in [3.63, 3.8) is 0 Å². The van der Waals surface area contributed by atoms with Gasteiger partial charge < -0.3 is 0 Å². The Morgan fingerprint density at radius 2 is 1.93 bits per heavy atom. The van der Waals surface area contributed by atoms with Gasteiger partial charge in [0.05, 0.1) is 0 Å². The molecule has 0 aromatic heterocycles. The lowest BCUT2D eigenvalue weighted by atomic mass is 9.62. The summed E-state index contributed by atoms with van der Waals surface area (Å²) in [4.78, 5) is 0. The zero-order chi connectivity index (χ0) is 10.8. The second-order valence-corrected chi connectivity index (χ2v) is 6.87. The van der Waals surface area contributed by atoms with Gasteiger partial charge in [0.2, 0.25) is 0 Å². The SMILES string of the molecule is CCCC1(C(C)C)CCCC(C)(S)C1. The molecule has 0 bridgehead atoms. The summed E-state index contributed by atoms with van der Waals surface area (Å²) in [5.74, 6) is 0.814. The molecule has 0 N–H and O–H groups in total. The third kappa shape index (κ3) is 2.68. The van der Waals surface area contributed by atoms with E-state index in [0.717, 1.165) is 5.92 Å². The average molecular weight is 214 g/mol. The van der Waals surface area contributed by atoms with E-state index in [1.54, 1.807) is 0 Å². The molecule has 1 aliphatic carbocycles. The zero-order valence-corrected chi connectivity index (χ0v) is 11.2. The Balaban J connectivity index is 2.76. The predicted octanol–water partition coefficient (Wildman–Crippen LogP) is 4.69. The fourth-order valence-electron chi connectivity index (χ4n) is 3.25. The van der Waals surface area contributed by atoms with Crippen molar-refractivity contribution < 1.29 is 0 Å². The van der Waals surface area contributed by atoms with Crippen LogP contribution in [0, 0.1) is 11.3 Å². The molecule has 84 valence electrons. The van der Waals surface area contributed by atoms with Crippen LogP contribution < -0.4 is 0 Å². The Kier molecular flexibility index (Phi) is 3.96. The molecule has 14 heavy (non-hydrogen) atoms. The van der Waals surface area contributed by atoms with Crippen LogP contribution in [0.2, 0.25) is 0 Å². The van der Waals surface area contributed by atoms with E-state index >= 15 is 0 Å². The normalized spacial score (nSPS) is 39.0. The maximum atomic E-state index is 4.82. The molecule has 0 heterocycles. The van der Waals surface area contributed by atoms with Crippen molar-refractivity contribution in [3.05, 3.63) is 0 Å². The van der Waals surface area contributed by atoms with Crippen molar-refractivity contribution in [1.29, 1.82) is 0 Å². The van der Waals surface area contributed by atoms with Gasteiger partial charge in [-0.1, -0.05) is 40.5 Å². The third-order valence-corrected chi connectivity index (χ3v) is 4.48. The summed E-state index contributed by atoms with van der Waals surface area (Å²) in [7, 11) is 0. The number of hydrogen-bond donors (Lipinski definition) is 1. The van der Waals surface area contributed by atoms with E-state index in [2.05, 4.69) is 27.7 Å². The molecule has 1 aliphatic rings. The highest BCUT2D eigenvalue weighted by atomic mass is 32.1. The lowest BCUT2D eigenvalue weighted by Crippen LogP contribution is -2.39. The van der Waals surface area contributed by atoms with Crippen LogP contribution in [0.1, 0.15) is 66.2 Å². The topological polar surface area (TPSA) is 0 Å². The van der Waals surface area contributed by atoms with Crippen LogP contribution in [0.3, 0.4) is 0 Å². The minimum atomic E-state index is 0.289. The lowest BCUT2D eigenvalue weighted by molar-refractivity contribution is 0.0870. The molecule has 0 amide bonds. The first-order valence-corrected chi connectivity index (χ1v) is 6.59. The molecule has 0 radical (unpaired) electrons. The van der Waals surface area contributed by atoms with Gasteiger partial charge in [-0.2, -0.15) is 12.6 Å². The monoisotopic (exact) mass is 214 g/mol. The summed E-state index contributed by atoms with van der Waals surface area (Å²) in [6.07, 6.45) is 8.12. The molecule has 1 rings (SSSR count). The average Bonchev–Trinajstić information content (AvgIpc) is 2.02. The van der Waals surface area contributed by atoms with E-state index in [4.69, 9.17) is 12.6 Å². The third-order valence-electron chi connectivity index (χ3n) is 4.10. The first-order chi connectivity index (χ1) is 6.42. The summed E-state index contributed by atoms with van der Waals surface area (Å²) in [5, 5.41) is 0. The molecule has 1 fully saturated rings. The van der Waals surface area contributed by atoms with E-state index in [1.807, 2.05) is 0 Å². The lowest BCUT2D eigenvalue weighted by Gasteiger charge is -2.47. The molecule has 0 aliphatic heterocycles. The summed E-state index contributed by atoms with van der Waals surface area (Å²) in [5.41, 5.74) is 0.587. The zero-order valence-electron chi connectivity index (χ0n) is 10.3. The standard InChI is InChI=1S/C13H26S/c1-5-7-13(11(2)3)9-6-8-12(4,14)10-13/h11,14H,5-10H2,1-4H3. The van der Waals surface area contributed by atoms with Crippen LogP contribution in [-0.4, -0.2) is 4.75 Å². The Morgan fingerprint density at radius 3 is 2.36 bits per heavy atom. The Hall–Kier alpha value is 0.350. The minimum absolute atomic E-state index is 0.289. The molecule has 0 nitrogen and oxygen atoms in total. The first-order valence-electron chi connectivity index (χ1n) is 6.14. The van der Waals surface area contributed by atoms with Gasteiger partial charge in [0, 0.05) is 4.75 Å². The van der Waals surface area contributed by atoms with E-state index in [9.17, 15) is 0 Å². The molecule has 0 aromatic carbocycles. The van der Waals surface area contributed by atoms with Crippen LogP contribution in [0.25, 0.3) is 0 Å². The van der Waals surface area contributed by atoms with Gasteiger partial charge >= 0.3 is 0 Å². The van der Waals surface area contributed by atoms with Crippen LogP contribution >= 0.6 is 12.6 Å². The number of hydrogen-bond acceptors (Lipinski definition) is 1. The maximum Gasteiger partial charge on any atom is 0.0107 e. The number of rotatable bonds is 3. The van der Waals surface area contributed by atoms with Crippen molar-refractivity contribution in [1.82, 2.24) is 0 Å². The van der Waals surface area contributed by atoms with E-state index in [-0.39, 0.29) is 4.75 Å². The highest BCUT2D eigenvalue weighted by Crippen LogP contribution is 2.51. The van der Waals surface area contributed by atoms with Crippen molar-refractivity contribution >= 4 is 12.6 Å². The maximum absolute atomic E-state index is 4.82. The van der Waals surface area contributed by atoms with Crippen LogP contribution in [0.5, 0.6) is 0 Å². The molecular weight excluding hydrogens is 188 g/mol. The fourth-order valence-corrected chi connectivity index (χ4v) is 3.72. The number of thiol groups is 1. The molecule has 1 heteroatoms. The van der Waals surface area contributed by atoms with Crippen molar-refractivity contribution in [2.75, 3.05) is 0 Å². The van der Waals surface area contributed by atoms with Crippen molar-refractivity contribution in [3.8, 4) is 0 Å². The molecule has 2 unspecified atom stereocenters. The van der Waals surface area contributed by atoms with Gasteiger partial charge in [0.1, 0.15) is 0 Å². The second kappa shape index (κ2) is 4.47. The minimum Gasteiger partial charge on any atom is -0.173 e. The van der Waals surface area contributed by atoms with Crippen LogP contribution in [-0.2, 0) is 0 Å². The van der Waals surface area contributed by atoms with Crippen LogP contribution in [0.15, 0.2) is 0 Å². The van der Waals surface area contributed by atoms with Gasteiger partial charge in [-0.3, -0.25) is 0 Å². The van der Waals surface area contributed by atoms with Crippen molar-refractivity contribution in [2.24, 2.45) is 11.3 Å². The summed E-state index contributed by atoms with van der Waals surface area (Å²) < 4.78 is 0.289. The van der Waals surface area contributed by atoms with Gasteiger partial charge in [0.25, 0.3) is 0 Å². The van der Waals surface area contributed by atoms with Gasteiger partial charge in [-0.25, -0.2) is 0 Å². The smallest absolute Gasteiger partial charge is 0.0107 e. The Bertz CT molecular complexity index is 180. The van der Waals surface area contributed by atoms with Crippen molar-refractivity contribution in [2.45, 2.75) is 71.0 Å². The predicted molar refractivity (Wildman–Crippen MR) is 68.0 cm³/mol. The fraction of sp³-hybridized carbons (Fsp3) is 1.00. The second-order valence-electron chi connectivity index (χ2n) is 5.79. The molecular formula is C13H26S. The van der Waals surface area contributed by atoms with Gasteiger partial charge in [-0.05, 0) is 37.0 Å².